The summed E-state index contributed by atoms with van der Waals surface area (Å²) < 4.78 is 17.9. The third kappa shape index (κ3) is 3.10. The van der Waals surface area contributed by atoms with E-state index in [1.165, 1.54) is 30.5 Å². The first-order chi connectivity index (χ1) is 7.24. The molecule has 0 aliphatic carbocycles. The van der Waals surface area contributed by atoms with E-state index in [4.69, 9.17) is 10.5 Å². The fraction of sp³-hybridized carbons (Fsp3) is 0. The zero-order valence-electron chi connectivity index (χ0n) is 8.26. The van der Waals surface area contributed by atoms with Gasteiger partial charge in [-0.1, -0.05) is 0 Å². The van der Waals surface area contributed by atoms with Crippen LogP contribution in [-0.4, -0.2) is 4.98 Å². The first kappa shape index (κ1) is 12.3. The molecule has 0 saturated heterocycles. The van der Waals surface area contributed by atoms with Crippen molar-refractivity contribution >= 4 is 18.1 Å². The third-order valence-corrected chi connectivity index (χ3v) is 1.80. The molecule has 0 unspecified atom stereocenters. The highest BCUT2D eigenvalue weighted by Gasteiger charge is 1.98. The predicted octanol–water partition coefficient (Wildman–Crippen LogP) is 3.02. The molecule has 1 aromatic heterocycles. The smallest absolute Gasteiger partial charge is 0.219 e. The molecule has 84 valence electrons. The van der Waals surface area contributed by atoms with Crippen LogP contribution in [0.2, 0.25) is 0 Å². The van der Waals surface area contributed by atoms with E-state index in [0.717, 1.165) is 0 Å². The van der Waals surface area contributed by atoms with Crippen molar-refractivity contribution in [1.82, 2.24) is 4.98 Å². The van der Waals surface area contributed by atoms with Gasteiger partial charge in [0.1, 0.15) is 11.6 Å². The summed E-state index contributed by atoms with van der Waals surface area (Å²) in [6.07, 6.45) is 1.50. The van der Waals surface area contributed by atoms with Gasteiger partial charge < -0.3 is 10.5 Å². The topological polar surface area (TPSA) is 48.1 Å². The lowest BCUT2D eigenvalue weighted by Crippen LogP contribution is -1.90. The molecular weight excluding hydrogens is 231 g/mol. The summed E-state index contributed by atoms with van der Waals surface area (Å²) >= 11 is 0. The SMILES string of the molecule is Cl.Nc1ccc(Oc2ccc(F)cc2)nc1. The minimum absolute atomic E-state index is 0. The van der Waals surface area contributed by atoms with Crippen molar-refractivity contribution in [3.63, 3.8) is 0 Å². The summed E-state index contributed by atoms with van der Waals surface area (Å²) in [5.41, 5.74) is 6.04. The fourth-order valence-corrected chi connectivity index (χ4v) is 1.08. The van der Waals surface area contributed by atoms with Crippen molar-refractivity contribution in [2.24, 2.45) is 0 Å². The van der Waals surface area contributed by atoms with Gasteiger partial charge in [-0.25, -0.2) is 9.37 Å². The first-order valence-corrected chi connectivity index (χ1v) is 4.39. The number of hydrogen-bond donors (Lipinski definition) is 1. The maximum absolute atomic E-state index is 12.6. The number of hydrogen-bond acceptors (Lipinski definition) is 3. The Morgan fingerprint density at radius 1 is 1.06 bits per heavy atom. The molecule has 0 atom stereocenters. The van der Waals surface area contributed by atoms with E-state index in [0.29, 0.717) is 17.3 Å². The molecule has 0 saturated carbocycles. The van der Waals surface area contributed by atoms with E-state index < -0.39 is 0 Å². The maximum Gasteiger partial charge on any atom is 0.219 e. The molecule has 0 aliphatic heterocycles. The number of benzene rings is 1. The van der Waals surface area contributed by atoms with Crippen LogP contribution in [0.5, 0.6) is 11.6 Å². The van der Waals surface area contributed by atoms with E-state index in [1.807, 2.05) is 0 Å². The molecule has 1 aromatic carbocycles. The molecule has 16 heavy (non-hydrogen) atoms. The molecule has 2 rings (SSSR count). The minimum Gasteiger partial charge on any atom is -0.439 e. The molecule has 5 heteroatoms. The Kier molecular flexibility index (Phi) is 4.08. The van der Waals surface area contributed by atoms with Crippen LogP contribution in [0.15, 0.2) is 42.6 Å². The standard InChI is InChI=1S/C11H9FN2O.ClH/c12-8-1-4-10(5-2-8)15-11-6-3-9(13)7-14-11;/h1-7H,13H2;1H. The van der Waals surface area contributed by atoms with E-state index in [1.54, 1.807) is 12.1 Å². The summed E-state index contributed by atoms with van der Waals surface area (Å²) in [5.74, 6) is 0.664. The van der Waals surface area contributed by atoms with Crippen LogP contribution < -0.4 is 10.5 Å². The molecule has 0 spiro atoms. The van der Waals surface area contributed by atoms with Crippen molar-refractivity contribution in [2.45, 2.75) is 0 Å². The lowest BCUT2D eigenvalue weighted by molar-refractivity contribution is 0.461. The molecule has 0 bridgehead atoms. The average molecular weight is 241 g/mol. The van der Waals surface area contributed by atoms with E-state index in [-0.39, 0.29) is 18.2 Å². The van der Waals surface area contributed by atoms with E-state index in [2.05, 4.69) is 4.98 Å². The number of aromatic nitrogens is 1. The molecule has 0 fully saturated rings. The summed E-state index contributed by atoms with van der Waals surface area (Å²) in [4.78, 5) is 3.96. The Bertz CT molecular complexity index is 401. The lowest BCUT2D eigenvalue weighted by atomic mass is 10.3. The van der Waals surface area contributed by atoms with Crippen LogP contribution >= 0.6 is 12.4 Å². The highest BCUT2D eigenvalue weighted by atomic mass is 35.5. The highest BCUT2D eigenvalue weighted by molar-refractivity contribution is 5.85. The Morgan fingerprint density at radius 2 is 1.75 bits per heavy atom. The number of anilines is 1. The number of nitrogen functional groups attached to an aromatic ring is 1. The van der Waals surface area contributed by atoms with Crippen LogP contribution in [0.25, 0.3) is 0 Å². The van der Waals surface area contributed by atoms with Crippen LogP contribution in [0.1, 0.15) is 0 Å². The van der Waals surface area contributed by atoms with Crippen molar-refractivity contribution in [3.8, 4) is 11.6 Å². The number of nitrogens with two attached hydrogens (primary N) is 1. The molecule has 3 nitrogen and oxygen atoms in total. The Hall–Kier alpha value is -1.81. The molecule has 1 heterocycles. The quantitative estimate of drug-likeness (QED) is 0.878. The minimum atomic E-state index is -0.299. The van der Waals surface area contributed by atoms with Gasteiger partial charge in [0.25, 0.3) is 0 Å². The van der Waals surface area contributed by atoms with Crippen LogP contribution in [-0.2, 0) is 0 Å². The van der Waals surface area contributed by atoms with Crippen molar-refractivity contribution in [2.75, 3.05) is 5.73 Å². The van der Waals surface area contributed by atoms with Crippen LogP contribution in [0.4, 0.5) is 10.1 Å². The van der Waals surface area contributed by atoms with Gasteiger partial charge in [0.2, 0.25) is 5.88 Å². The summed E-state index contributed by atoms with van der Waals surface area (Å²) in [6.45, 7) is 0. The average Bonchev–Trinajstić information content (AvgIpc) is 2.25. The lowest BCUT2D eigenvalue weighted by Gasteiger charge is -2.03. The van der Waals surface area contributed by atoms with E-state index in [9.17, 15) is 4.39 Å². The number of halogens is 2. The number of ether oxygens (including phenoxy) is 1. The van der Waals surface area contributed by atoms with Gasteiger partial charge in [0, 0.05) is 6.07 Å². The second-order valence-electron chi connectivity index (χ2n) is 2.99. The number of nitrogens with zero attached hydrogens (tertiary/aromatic N) is 1. The van der Waals surface area contributed by atoms with Crippen molar-refractivity contribution in [1.29, 1.82) is 0 Å². The summed E-state index contributed by atoms with van der Waals surface area (Å²) in [6, 6.07) is 9.06. The number of rotatable bonds is 2. The predicted molar refractivity (Wildman–Crippen MR) is 62.4 cm³/mol. The fourth-order valence-electron chi connectivity index (χ4n) is 1.08. The van der Waals surface area contributed by atoms with Crippen LogP contribution in [0.3, 0.4) is 0 Å². The normalized spacial score (nSPS) is 9.31. The second kappa shape index (κ2) is 5.32. The Labute approximate surface area is 98.5 Å². The molecule has 2 N–H and O–H groups in total. The highest BCUT2D eigenvalue weighted by Crippen LogP contribution is 2.19. The molecule has 0 aliphatic rings. The van der Waals surface area contributed by atoms with E-state index >= 15 is 0 Å². The molecule has 0 amide bonds. The summed E-state index contributed by atoms with van der Waals surface area (Å²) in [7, 11) is 0. The van der Waals surface area contributed by atoms with Crippen molar-refractivity contribution < 1.29 is 9.13 Å². The largest absolute Gasteiger partial charge is 0.439 e. The maximum atomic E-state index is 12.6. The van der Waals surface area contributed by atoms with Gasteiger partial charge in [-0.05, 0) is 30.3 Å². The monoisotopic (exact) mass is 240 g/mol. The zero-order chi connectivity index (χ0) is 10.7. The first-order valence-electron chi connectivity index (χ1n) is 4.39. The molecule has 2 aromatic rings. The third-order valence-electron chi connectivity index (χ3n) is 1.80. The van der Waals surface area contributed by atoms with Gasteiger partial charge in [0.15, 0.2) is 0 Å². The Morgan fingerprint density at radius 3 is 2.31 bits per heavy atom. The zero-order valence-corrected chi connectivity index (χ0v) is 9.08. The van der Waals surface area contributed by atoms with Gasteiger partial charge >= 0.3 is 0 Å². The van der Waals surface area contributed by atoms with Gasteiger partial charge in [0.05, 0.1) is 11.9 Å². The van der Waals surface area contributed by atoms with Gasteiger partial charge in [-0.3, -0.25) is 0 Å². The molecular formula is C11H10ClFN2O. The van der Waals surface area contributed by atoms with Crippen LogP contribution in [0, 0.1) is 5.82 Å². The van der Waals surface area contributed by atoms with Crippen molar-refractivity contribution in [3.05, 3.63) is 48.4 Å². The summed E-state index contributed by atoms with van der Waals surface area (Å²) in [5, 5.41) is 0. The van der Waals surface area contributed by atoms with Gasteiger partial charge in [-0.2, -0.15) is 0 Å². The van der Waals surface area contributed by atoms with Gasteiger partial charge in [-0.15, -0.1) is 12.4 Å². The Balaban J connectivity index is 0.00000128. The molecule has 0 radical (unpaired) electrons. The second-order valence-corrected chi connectivity index (χ2v) is 2.99. The number of pyridine rings is 1.